The molecule has 0 aromatic heterocycles. The maximum Gasteiger partial charge on any atom is 0.269 e. The van der Waals surface area contributed by atoms with Crippen molar-refractivity contribution >= 4 is 30.6 Å². The van der Waals surface area contributed by atoms with E-state index < -0.39 is 0 Å². The second kappa shape index (κ2) is 18.2. The Morgan fingerprint density at radius 3 is 2.66 bits per heavy atom. The molecule has 0 bridgehead atoms. The fraction of sp³-hybridized carbons (Fsp3) is 0.444. The van der Waals surface area contributed by atoms with E-state index in [1.807, 2.05) is 19.3 Å². The van der Waals surface area contributed by atoms with Gasteiger partial charge in [0.1, 0.15) is 5.70 Å². The molecule has 1 saturated heterocycles. The Morgan fingerprint density at radius 1 is 1.26 bits per heavy atom. The Bertz CT molecular complexity index is 875. The number of rotatable bonds is 16. The van der Waals surface area contributed by atoms with Gasteiger partial charge in [0, 0.05) is 61.5 Å². The fourth-order valence-corrected chi connectivity index (χ4v) is 3.99. The molecule has 190 valence electrons. The van der Waals surface area contributed by atoms with E-state index >= 15 is 0 Å². The van der Waals surface area contributed by atoms with Gasteiger partial charge in [-0.25, -0.2) is 0 Å². The number of likely N-dealkylation sites (tertiary alicyclic amines) is 1. The molecule has 0 saturated carbocycles. The molecule has 8 heteroatoms. The Balaban J connectivity index is 2.55. The average molecular weight is 497 g/mol. The zero-order valence-electron chi connectivity index (χ0n) is 21.3. The molecule has 1 aliphatic rings. The first-order chi connectivity index (χ1) is 16.9. The van der Waals surface area contributed by atoms with Gasteiger partial charge in [-0.15, -0.1) is 11.8 Å². The van der Waals surface area contributed by atoms with Crippen LogP contribution in [-0.2, 0) is 4.79 Å². The summed E-state index contributed by atoms with van der Waals surface area (Å²) < 4.78 is 0. The smallest absolute Gasteiger partial charge is 0.269 e. The molecule has 1 fully saturated rings. The summed E-state index contributed by atoms with van der Waals surface area (Å²) in [6.45, 7) is 18.6. The number of terminal acetylenes is 1. The highest BCUT2D eigenvalue weighted by atomic mass is 32.2. The van der Waals surface area contributed by atoms with Crippen molar-refractivity contribution in [3.8, 4) is 12.5 Å². The highest BCUT2D eigenvalue weighted by Gasteiger charge is 2.14. The van der Waals surface area contributed by atoms with Gasteiger partial charge >= 0.3 is 0 Å². The van der Waals surface area contributed by atoms with Crippen molar-refractivity contribution < 1.29 is 4.79 Å². The Morgan fingerprint density at radius 2 is 2.00 bits per heavy atom. The van der Waals surface area contributed by atoms with Crippen LogP contribution in [0, 0.1) is 12.5 Å². The Labute approximate surface area is 215 Å². The summed E-state index contributed by atoms with van der Waals surface area (Å²) in [5.74, 6) is 0.389. The van der Waals surface area contributed by atoms with Crippen LogP contribution < -0.4 is 10.6 Å². The van der Waals surface area contributed by atoms with E-state index in [0.29, 0.717) is 30.2 Å². The molecule has 1 heterocycles. The summed E-state index contributed by atoms with van der Waals surface area (Å²) in [5, 5.41) is 13.0. The van der Waals surface area contributed by atoms with Crippen LogP contribution in [0.2, 0.25) is 0 Å². The van der Waals surface area contributed by atoms with Crippen molar-refractivity contribution in [3.05, 3.63) is 59.6 Å². The number of piperidine rings is 1. The highest BCUT2D eigenvalue weighted by molar-refractivity contribution is 8.02. The van der Waals surface area contributed by atoms with Crippen LogP contribution in [0.3, 0.4) is 0 Å². The topological polar surface area (TPSA) is 72.3 Å². The summed E-state index contributed by atoms with van der Waals surface area (Å²) >= 11 is 1.46. The molecule has 1 aliphatic heterocycles. The lowest BCUT2D eigenvalue weighted by molar-refractivity contribution is -0.117. The van der Waals surface area contributed by atoms with Gasteiger partial charge in [-0.05, 0) is 38.2 Å². The van der Waals surface area contributed by atoms with Crippen LogP contribution in [0.1, 0.15) is 46.0 Å². The lowest BCUT2D eigenvalue weighted by atomic mass is 10.1. The first-order valence-electron chi connectivity index (χ1n) is 11.9. The van der Waals surface area contributed by atoms with E-state index in [1.165, 1.54) is 18.2 Å². The summed E-state index contributed by atoms with van der Waals surface area (Å²) in [5.41, 5.74) is 2.99. The van der Waals surface area contributed by atoms with Crippen molar-refractivity contribution in [2.75, 3.05) is 31.9 Å². The molecular weight excluding hydrogens is 456 g/mol. The molecular formula is C27H40N6OS. The molecule has 0 aromatic carbocycles. The third kappa shape index (κ3) is 13.3. The molecule has 0 radical (unpaired) electrons. The molecule has 35 heavy (non-hydrogen) atoms. The highest BCUT2D eigenvalue weighted by Crippen LogP contribution is 2.14. The molecule has 7 nitrogen and oxygen atoms in total. The molecule has 1 amide bonds. The number of hydrogen-bond acceptors (Lipinski definition) is 7. The van der Waals surface area contributed by atoms with Gasteiger partial charge in [-0.3, -0.25) is 14.8 Å². The summed E-state index contributed by atoms with van der Waals surface area (Å²) in [6, 6.07) is 2.33. The maximum absolute atomic E-state index is 12.6. The summed E-state index contributed by atoms with van der Waals surface area (Å²) in [4.78, 5) is 19.2. The van der Waals surface area contributed by atoms with Gasteiger partial charge < -0.3 is 15.5 Å². The standard InChI is InChI=1S/C27H40N6OS/c1-7-9-10-12-15-30-24(4)20-33(28-6)19-23(3)21-35-22-26(29-8-2)27(34)31-18-25(5)32-16-13-11-14-17-32/h2,9-10,15,19,22,29H,4-7,11-14,16-18,20-21H2,1,3H3,(H,31,34)/b10-9-,23-19+,26-22-,30-15?. The number of allylic oxidation sites excluding steroid dienone is 2. The molecule has 0 aromatic rings. The molecule has 1 rings (SSSR count). The number of nitrogens with one attached hydrogen (secondary N) is 2. The predicted octanol–water partition coefficient (Wildman–Crippen LogP) is 4.62. The van der Waals surface area contributed by atoms with E-state index in [4.69, 9.17) is 6.42 Å². The van der Waals surface area contributed by atoms with Crippen LogP contribution in [0.4, 0.5) is 0 Å². The van der Waals surface area contributed by atoms with Crippen LogP contribution >= 0.6 is 11.8 Å². The SMILES string of the molecule is C#CN/C(=C\SC/C(C)=C/N(CC(=C)N=CC/C=C\CC)N=C)C(=O)NCC(=C)N1CCCCC1. The minimum Gasteiger partial charge on any atom is -0.374 e. The number of amides is 1. The monoisotopic (exact) mass is 496 g/mol. The molecule has 0 aliphatic carbocycles. The minimum absolute atomic E-state index is 0.257. The fourth-order valence-electron chi connectivity index (χ4n) is 3.23. The summed E-state index contributed by atoms with van der Waals surface area (Å²) in [7, 11) is 0. The molecule has 0 unspecified atom stereocenters. The molecule has 0 atom stereocenters. The van der Waals surface area contributed by atoms with Crippen molar-refractivity contribution in [2.24, 2.45) is 10.1 Å². The van der Waals surface area contributed by atoms with E-state index in [1.54, 1.807) is 10.4 Å². The van der Waals surface area contributed by atoms with E-state index in [9.17, 15) is 4.79 Å². The first-order valence-corrected chi connectivity index (χ1v) is 13.0. The Kier molecular flexibility index (Phi) is 15.5. The summed E-state index contributed by atoms with van der Waals surface area (Å²) in [6.07, 6.45) is 18.7. The number of aliphatic imine (C=N–C) groups is 1. The Hall–Kier alpha value is -3.18. The average Bonchev–Trinajstić information content (AvgIpc) is 2.86. The van der Waals surface area contributed by atoms with Crippen molar-refractivity contribution in [3.63, 3.8) is 0 Å². The van der Waals surface area contributed by atoms with Gasteiger partial charge in [0.05, 0.1) is 18.8 Å². The lowest BCUT2D eigenvalue weighted by Crippen LogP contribution is -2.37. The van der Waals surface area contributed by atoms with Crippen molar-refractivity contribution in [2.45, 2.75) is 46.0 Å². The van der Waals surface area contributed by atoms with Gasteiger partial charge in [0.2, 0.25) is 0 Å². The van der Waals surface area contributed by atoms with Gasteiger partial charge in [0.25, 0.3) is 5.91 Å². The predicted molar refractivity (Wildman–Crippen MR) is 152 cm³/mol. The number of hydrogen-bond donors (Lipinski definition) is 2. The maximum atomic E-state index is 12.6. The van der Waals surface area contributed by atoms with E-state index in [-0.39, 0.29) is 5.91 Å². The van der Waals surface area contributed by atoms with E-state index in [0.717, 1.165) is 50.0 Å². The first kappa shape index (κ1) is 29.9. The van der Waals surface area contributed by atoms with Crippen LogP contribution in [0.15, 0.2) is 69.7 Å². The van der Waals surface area contributed by atoms with Gasteiger partial charge in [0.15, 0.2) is 0 Å². The normalized spacial score (nSPS) is 14.6. The lowest BCUT2D eigenvalue weighted by Gasteiger charge is -2.30. The largest absolute Gasteiger partial charge is 0.374 e. The third-order valence-corrected chi connectivity index (χ3v) is 6.06. The zero-order valence-corrected chi connectivity index (χ0v) is 22.1. The van der Waals surface area contributed by atoms with Crippen LogP contribution in [-0.4, -0.2) is 60.7 Å². The quantitative estimate of drug-likeness (QED) is 0.0815. The molecule has 0 spiro atoms. The second-order valence-electron chi connectivity index (χ2n) is 8.12. The van der Waals surface area contributed by atoms with Crippen molar-refractivity contribution in [1.29, 1.82) is 0 Å². The van der Waals surface area contributed by atoms with Gasteiger partial charge in [-0.1, -0.05) is 38.7 Å². The van der Waals surface area contributed by atoms with Gasteiger partial charge in [-0.2, -0.15) is 5.10 Å². The number of carbonyl (C=O) groups is 1. The third-order valence-electron chi connectivity index (χ3n) is 5.03. The van der Waals surface area contributed by atoms with Crippen LogP contribution in [0.25, 0.3) is 0 Å². The molecule has 2 N–H and O–H groups in total. The van der Waals surface area contributed by atoms with Crippen molar-refractivity contribution in [1.82, 2.24) is 20.5 Å². The van der Waals surface area contributed by atoms with E-state index in [2.05, 4.69) is 70.6 Å². The number of nitrogens with zero attached hydrogens (tertiary/aromatic N) is 4. The number of thioether (sulfide) groups is 1. The number of carbonyl (C=O) groups excluding carboxylic acids is 1. The second-order valence-corrected chi connectivity index (χ2v) is 8.97. The van der Waals surface area contributed by atoms with Crippen LogP contribution in [0.5, 0.6) is 0 Å². The minimum atomic E-state index is -0.257. The zero-order chi connectivity index (χ0) is 25.9. The number of hydrazone groups is 1.